The standard InChI is InChI=1S/C10H16O.C9H18O.C8H16O.C7H14O/c1-10(2,3)11-9-7-5-4-6-8-9;1-9(2,3)10-8-6-4-5-7-8;1-8(2,3)9-7-5-4-6-7;1-7(2,3)8-6-4-5-6/h5-9H,4H2,1-3H3;8H,4-7H2,1-3H3;7H,4-6H2,1-3H3;6H,4-5H2,1-3H3. The van der Waals surface area contributed by atoms with Crippen LogP contribution in [0.3, 0.4) is 0 Å². The van der Waals surface area contributed by atoms with Gasteiger partial charge in [0.05, 0.1) is 46.8 Å². The van der Waals surface area contributed by atoms with E-state index in [9.17, 15) is 0 Å². The van der Waals surface area contributed by atoms with Crippen LogP contribution >= 0.6 is 0 Å². The minimum atomic E-state index is -0.0450. The largest absolute Gasteiger partial charge is 0.373 e. The van der Waals surface area contributed by atoms with Crippen LogP contribution in [0.5, 0.6) is 0 Å². The van der Waals surface area contributed by atoms with Gasteiger partial charge in [-0.3, -0.25) is 0 Å². The van der Waals surface area contributed by atoms with Crippen LogP contribution in [0.1, 0.15) is 147 Å². The summed E-state index contributed by atoms with van der Waals surface area (Å²) >= 11 is 0. The fraction of sp³-hybridized carbons (Fsp3) is 0.882. The fourth-order valence-electron chi connectivity index (χ4n) is 4.24. The summed E-state index contributed by atoms with van der Waals surface area (Å²) in [6.45, 7) is 25.3. The van der Waals surface area contributed by atoms with Gasteiger partial charge in [-0.15, -0.1) is 0 Å². The summed E-state index contributed by atoms with van der Waals surface area (Å²) in [5.41, 5.74) is 0.179. The molecular formula is C34H64O4. The number of allylic oxidation sites excluding steroid dienone is 2. The van der Waals surface area contributed by atoms with Gasteiger partial charge in [0.1, 0.15) is 0 Å². The second kappa shape index (κ2) is 15.9. The lowest BCUT2D eigenvalue weighted by Crippen LogP contribution is -2.31. The zero-order chi connectivity index (χ0) is 29.0. The highest BCUT2D eigenvalue weighted by molar-refractivity contribution is 5.10. The Morgan fingerprint density at radius 2 is 0.737 bits per heavy atom. The van der Waals surface area contributed by atoms with Crippen LogP contribution in [0.2, 0.25) is 0 Å². The van der Waals surface area contributed by atoms with Crippen molar-refractivity contribution < 1.29 is 18.9 Å². The van der Waals surface area contributed by atoms with Gasteiger partial charge >= 0.3 is 0 Å². The van der Waals surface area contributed by atoms with Crippen LogP contribution in [0.25, 0.3) is 0 Å². The van der Waals surface area contributed by atoms with Gasteiger partial charge in [-0.05, 0) is 134 Å². The molecule has 4 nitrogen and oxygen atoms in total. The molecule has 0 heterocycles. The Morgan fingerprint density at radius 3 is 0.974 bits per heavy atom. The molecule has 4 aliphatic carbocycles. The van der Waals surface area contributed by atoms with E-state index >= 15 is 0 Å². The maximum atomic E-state index is 5.80. The summed E-state index contributed by atoms with van der Waals surface area (Å²) in [5.74, 6) is 0. The molecule has 0 atom stereocenters. The van der Waals surface area contributed by atoms with Crippen molar-refractivity contribution in [2.45, 2.75) is 194 Å². The maximum Gasteiger partial charge on any atom is 0.0944 e. The summed E-state index contributed by atoms with van der Waals surface area (Å²) in [7, 11) is 0. The molecule has 4 aliphatic rings. The zero-order valence-corrected chi connectivity index (χ0v) is 27.3. The minimum absolute atomic E-state index is 0.0450. The molecule has 0 unspecified atom stereocenters. The lowest BCUT2D eigenvalue weighted by atomic mass is 9.95. The Hall–Kier alpha value is -0.680. The van der Waals surface area contributed by atoms with Crippen molar-refractivity contribution in [2.75, 3.05) is 0 Å². The van der Waals surface area contributed by atoms with Gasteiger partial charge in [0.2, 0.25) is 0 Å². The van der Waals surface area contributed by atoms with E-state index < -0.39 is 0 Å². The highest BCUT2D eigenvalue weighted by atomic mass is 16.5. The van der Waals surface area contributed by atoms with E-state index in [1.54, 1.807) is 0 Å². The lowest BCUT2D eigenvalue weighted by molar-refractivity contribution is -0.0916. The first kappa shape index (κ1) is 35.3. The highest BCUT2D eigenvalue weighted by Gasteiger charge is 2.27. The fourth-order valence-corrected chi connectivity index (χ4v) is 4.24. The van der Waals surface area contributed by atoms with E-state index in [1.165, 1.54) is 57.8 Å². The molecule has 38 heavy (non-hydrogen) atoms. The molecule has 0 amide bonds. The first-order valence-corrected chi connectivity index (χ1v) is 15.4. The van der Waals surface area contributed by atoms with Crippen molar-refractivity contribution in [3.63, 3.8) is 0 Å². The van der Waals surface area contributed by atoms with E-state index in [0.717, 1.165) is 6.42 Å². The molecule has 0 aromatic heterocycles. The quantitative estimate of drug-likeness (QED) is 0.335. The Morgan fingerprint density at radius 1 is 0.421 bits per heavy atom. The van der Waals surface area contributed by atoms with Gasteiger partial charge in [0.25, 0.3) is 0 Å². The lowest BCUT2D eigenvalue weighted by Gasteiger charge is -2.32. The molecule has 0 aliphatic heterocycles. The molecule has 0 radical (unpaired) electrons. The van der Waals surface area contributed by atoms with Crippen molar-refractivity contribution in [3.05, 3.63) is 24.3 Å². The van der Waals surface area contributed by atoms with Gasteiger partial charge in [0, 0.05) is 0 Å². The predicted molar refractivity (Wildman–Crippen MR) is 163 cm³/mol. The molecule has 224 valence electrons. The second-order valence-corrected chi connectivity index (χ2v) is 15.1. The van der Waals surface area contributed by atoms with E-state index in [2.05, 4.69) is 107 Å². The highest BCUT2D eigenvalue weighted by Crippen LogP contribution is 2.28. The maximum absolute atomic E-state index is 5.80. The van der Waals surface area contributed by atoms with Gasteiger partial charge in [0.15, 0.2) is 0 Å². The van der Waals surface area contributed by atoms with Crippen molar-refractivity contribution in [3.8, 4) is 0 Å². The van der Waals surface area contributed by atoms with Crippen molar-refractivity contribution in [1.29, 1.82) is 0 Å². The van der Waals surface area contributed by atoms with Crippen LogP contribution < -0.4 is 0 Å². The molecule has 0 aromatic rings. The predicted octanol–water partition coefficient (Wildman–Crippen LogP) is 9.75. The second-order valence-electron chi connectivity index (χ2n) is 15.1. The summed E-state index contributed by atoms with van der Waals surface area (Å²) in [4.78, 5) is 0. The molecule has 0 saturated heterocycles. The normalized spacial score (nSPS) is 20.9. The van der Waals surface area contributed by atoms with Crippen molar-refractivity contribution in [1.82, 2.24) is 0 Å². The SMILES string of the molecule is CC(C)(C)OC1C=CCC=C1.CC(C)(C)OC1CC1.CC(C)(C)OC1CCC1.CC(C)(C)OC1CCCC1. The number of hydrogen-bond acceptors (Lipinski definition) is 4. The molecule has 0 spiro atoms. The molecule has 0 N–H and O–H groups in total. The molecule has 3 saturated carbocycles. The zero-order valence-electron chi connectivity index (χ0n) is 27.3. The van der Waals surface area contributed by atoms with Crippen molar-refractivity contribution >= 4 is 0 Å². The summed E-state index contributed by atoms with van der Waals surface area (Å²) in [6, 6.07) is 0. The smallest absolute Gasteiger partial charge is 0.0944 e. The summed E-state index contributed by atoms with van der Waals surface area (Å²) < 4.78 is 22.7. The molecule has 0 bridgehead atoms. The third-order valence-electron chi connectivity index (χ3n) is 5.85. The van der Waals surface area contributed by atoms with Crippen LogP contribution in [-0.4, -0.2) is 46.8 Å². The van der Waals surface area contributed by atoms with Gasteiger partial charge < -0.3 is 18.9 Å². The number of hydrogen-bond donors (Lipinski definition) is 0. The summed E-state index contributed by atoms with van der Waals surface area (Å²) in [6.07, 6.45) is 23.2. The Labute approximate surface area is 237 Å². The number of ether oxygens (including phenoxy) is 4. The monoisotopic (exact) mass is 536 g/mol. The van der Waals surface area contributed by atoms with Crippen LogP contribution in [0, 0.1) is 0 Å². The van der Waals surface area contributed by atoms with Crippen LogP contribution in [0.4, 0.5) is 0 Å². The van der Waals surface area contributed by atoms with Gasteiger partial charge in [-0.2, -0.15) is 0 Å². The average molecular weight is 537 g/mol. The van der Waals surface area contributed by atoms with E-state index in [0.29, 0.717) is 18.3 Å². The molecule has 3 fully saturated rings. The first-order valence-electron chi connectivity index (χ1n) is 15.4. The third-order valence-corrected chi connectivity index (χ3v) is 5.85. The van der Waals surface area contributed by atoms with Crippen LogP contribution in [0.15, 0.2) is 24.3 Å². The van der Waals surface area contributed by atoms with Crippen LogP contribution in [-0.2, 0) is 18.9 Å². The molecule has 4 heteroatoms. The van der Waals surface area contributed by atoms with E-state index in [1.807, 2.05) is 0 Å². The van der Waals surface area contributed by atoms with E-state index in [-0.39, 0.29) is 28.5 Å². The average Bonchev–Trinajstić information content (AvgIpc) is 3.34. The Balaban J connectivity index is 0.000000255. The number of rotatable bonds is 4. The van der Waals surface area contributed by atoms with Crippen molar-refractivity contribution in [2.24, 2.45) is 0 Å². The molecular weight excluding hydrogens is 472 g/mol. The first-order chi connectivity index (χ1) is 17.3. The summed E-state index contributed by atoms with van der Waals surface area (Å²) in [5, 5.41) is 0. The minimum Gasteiger partial charge on any atom is -0.373 e. The topological polar surface area (TPSA) is 36.9 Å². The third kappa shape index (κ3) is 22.2. The van der Waals surface area contributed by atoms with Gasteiger partial charge in [-0.1, -0.05) is 37.1 Å². The molecule has 0 aromatic carbocycles. The van der Waals surface area contributed by atoms with Gasteiger partial charge in [-0.25, -0.2) is 0 Å². The Bertz CT molecular complexity index is 655. The molecule has 4 rings (SSSR count). The Kier molecular flexibility index (Phi) is 14.8. The van der Waals surface area contributed by atoms with E-state index in [4.69, 9.17) is 18.9 Å².